The molecule has 0 bridgehead atoms. The third-order valence-corrected chi connectivity index (χ3v) is 6.68. The standard InChI is InChI=1S/C26H29Cl2NO5/c1-3-6-22(26(33)34-4-2)29-24(16-9-11-19(27)12-10-16)21(17-7-5-8-20(28)13-17)14-18(25(29)32)15-23(30)31/h5,7-13,18,21-22,24H,3-4,6,14-15H2,1-2H3,(H,30,31)/t18?,21-,22?,24-/m1/s1. The van der Waals surface area contributed by atoms with E-state index in [4.69, 9.17) is 27.9 Å². The van der Waals surface area contributed by atoms with Gasteiger partial charge in [0.25, 0.3) is 0 Å². The Kier molecular flexibility index (Phi) is 8.97. The number of carbonyl (C=O) groups is 3. The normalized spacial score (nSPS) is 21.2. The molecule has 1 amide bonds. The maximum absolute atomic E-state index is 13.8. The van der Waals surface area contributed by atoms with Crippen molar-refractivity contribution in [3.63, 3.8) is 0 Å². The van der Waals surface area contributed by atoms with Crippen LogP contribution in [-0.2, 0) is 19.1 Å². The number of nitrogens with zero attached hydrogens (tertiary/aromatic N) is 1. The second-order valence-corrected chi connectivity index (χ2v) is 9.36. The van der Waals surface area contributed by atoms with Crippen molar-refractivity contribution in [2.24, 2.45) is 5.92 Å². The van der Waals surface area contributed by atoms with E-state index in [0.717, 1.165) is 11.1 Å². The Balaban J connectivity index is 2.21. The van der Waals surface area contributed by atoms with Gasteiger partial charge in [0, 0.05) is 21.9 Å². The number of piperidine rings is 1. The van der Waals surface area contributed by atoms with E-state index in [0.29, 0.717) is 29.3 Å². The molecule has 2 aromatic carbocycles. The number of esters is 1. The van der Waals surface area contributed by atoms with Crippen LogP contribution in [0.2, 0.25) is 10.0 Å². The number of likely N-dealkylation sites (tertiary alicyclic amines) is 1. The number of aliphatic carboxylic acids is 1. The first-order valence-electron chi connectivity index (χ1n) is 11.5. The molecular formula is C26H29Cl2NO5. The van der Waals surface area contributed by atoms with Crippen LogP contribution in [0.3, 0.4) is 0 Å². The van der Waals surface area contributed by atoms with Gasteiger partial charge in [-0.3, -0.25) is 9.59 Å². The molecule has 1 aliphatic rings. The molecule has 1 heterocycles. The lowest BCUT2D eigenvalue weighted by Gasteiger charge is -2.47. The lowest BCUT2D eigenvalue weighted by atomic mass is 9.74. The summed E-state index contributed by atoms with van der Waals surface area (Å²) in [5.41, 5.74) is 1.68. The van der Waals surface area contributed by atoms with Crippen molar-refractivity contribution in [2.75, 3.05) is 6.61 Å². The van der Waals surface area contributed by atoms with Crippen molar-refractivity contribution in [3.8, 4) is 0 Å². The molecule has 0 aliphatic carbocycles. The van der Waals surface area contributed by atoms with Gasteiger partial charge in [0.05, 0.1) is 19.1 Å². The Morgan fingerprint density at radius 3 is 2.38 bits per heavy atom. The van der Waals surface area contributed by atoms with Gasteiger partial charge in [0.1, 0.15) is 6.04 Å². The number of hydrogen-bond acceptors (Lipinski definition) is 4. The van der Waals surface area contributed by atoms with Crippen molar-refractivity contribution in [2.45, 2.75) is 57.5 Å². The summed E-state index contributed by atoms with van der Waals surface area (Å²) in [6.45, 7) is 3.84. The summed E-state index contributed by atoms with van der Waals surface area (Å²) in [5.74, 6) is -2.96. The smallest absolute Gasteiger partial charge is 0.328 e. The molecule has 1 N–H and O–H groups in total. The van der Waals surface area contributed by atoms with Crippen LogP contribution in [0, 0.1) is 5.92 Å². The summed E-state index contributed by atoms with van der Waals surface area (Å²) in [7, 11) is 0. The molecule has 4 atom stereocenters. The maximum atomic E-state index is 13.8. The number of rotatable bonds is 9. The number of benzene rings is 2. The third kappa shape index (κ3) is 5.91. The van der Waals surface area contributed by atoms with E-state index in [-0.39, 0.29) is 24.9 Å². The van der Waals surface area contributed by atoms with Crippen LogP contribution in [0.1, 0.15) is 62.6 Å². The highest BCUT2D eigenvalue weighted by Crippen LogP contribution is 2.47. The monoisotopic (exact) mass is 505 g/mol. The first kappa shape index (κ1) is 26.0. The van der Waals surface area contributed by atoms with Gasteiger partial charge in [-0.15, -0.1) is 0 Å². The van der Waals surface area contributed by atoms with E-state index in [1.165, 1.54) is 0 Å². The van der Waals surface area contributed by atoms with E-state index in [1.54, 1.807) is 30.0 Å². The minimum absolute atomic E-state index is 0.183. The van der Waals surface area contributed by atoms with Gasteiger partial charge < -0.3 is 14.7 Å². The second kappa shape index (κ2) is 11.7. The van der Waals surface area contributed by atoms with E-state index >= 15 is 0 Å². The summed E-state index contributed by atoms with van der Waals surface area (Å²) in [4.78, 5) is 40.0. The molecule has 8 heteroatoms. The van der Waals surface area contributed by atoms with E-state index in [9.17, 15) is 19.5 Å². The van der Waals surface area contributed by atoms with Crippen LogP contribution >= 0.6 is 23.2 Å². The first-order chi connectivity index (χ1) is 16.3. The van der Waals surface area contributed by atoms with E-state index < -0.39 is 29.9 Å². The molecule has 3 rings (SSSR count). The number of halogens is 2. The number of hydrogen-bond donors (Lipinski definition) is 1. The van der Waals surface area contributed by atoms with Gasteiger partial charge in [-0.2, -0.15) is 0 Å². The van der Waals surface area contributed by atoms with Crippen LogP contribution in [0.15, 0.2) is 48.5 Å². The first-order valence-corrected chi connectivity index (χ1v) is 12.2. The molecule has 0 saturated carbocycles. The SMILES string of the molecule is CCCC(C(=O)OCC)N1C(=O)C(CC(=O)O)C[C@H](c2cccc(Cl)c2)[C@H]1c1ccc(Cl)cc1. The van der Waals surface area contributed by atoms with Gasteiger partial charge in [-0.25, -0.2) is 4.79 Å². The molecule has 182 valence electrons. The van der Waals surface area contributed by atoms with E-state index in [2.05, 4.69) is 0 Å². The summed E-state index contributed by atoms with van der Waals surface area (Å²) in [6, 6.07) is 13.2. The predicted octanol–water partition coefficient (Wildman–Crippen LogP) is 5.87. The predicted molar refractivity (Wildman–Crippen MR) is 131 cm³/mol. The van der Waals surface area contributed by atoms with Crippen molar-refractivity contribution < 1.29 is 24.2 Å². The summed E-state index contributed by atoms with van der Waals surface area (Å²) >= 11 is 12.4. The summed E-state index contributed by atoms with van der Waals surface area (Å²) in [6.07, 6.45) is 1.04. The molecule has 1 saturated heterocycles. The molecule has 6 nitrogen and oxygen atoms in total. The number of carbonyl (C=O) groups excluding carboxylic acids is 2. The Bertz CT molecular complexity index is 1030. The quantitative estimate of drug-likeness (QED) is 0.430. The largest absolute Gasteiger partial charge is 0.481 e. The maximum Gasteiger partial charge on any atom is 0.328 e. The summed E-state index contributed by atoms with van der Waals surface area (Å²) in [5, 5.41) is 10.6. The molecule has 1 aliphatic heterocycles. The molecule has 0 spiro atoms. The van der Waals surface area contributed by atoms with Crippen molar-refractivity contribution >= 4 is 41.0 Å². The van der Waals surface area contributed by atoms with Crippen LogP contribution in [0.5, 0.6) is 0 Å². The number of amides is 1. The highest BCUT2D eigenvalue weighted by molar-refractivity contribution is 6.30. The number of carboxylic acid groups (broad SMARTS) is 1. The zero-order valence-corrected chi connectivity index (χ0v) is 20.8. The molecule has 0 aromatic heterocycles. The highest BCUT2D eigenvalue weighted by Gasteiger charge is 2.48. The molecule has 34 heavy (non-hydrogen) atoms. The van der Waals surface area contributed by atoms with Crippen LogP contribution in [0.4, 0.5) is 0 Å². The van der Waals surface area contributed by atoms with Crippen molar-refractivity contribution in [3.05, 3.63) is 69.7 Å². The summed E-state index contributed by atoms with van der Waals surface area (Å²) < 4.78 is 5.35. The van der Waals surface area contributed by atoms with Gasteiger partial charge in [0.2, 0.25) is 5.91 Å². The van der Waals surface area contributed by atoms with Crippen LogP contribution in [0.25, 0.3) is 0 Å². The minimum atomic E-state index is -1.06. The molecule has 2 aromatic rings. The number of carboxylic acids is 1. The zero-order chi connectivity index (χ0) is 24.8. The van der Waals surface area contributed by atoms with Crippen molar-refractivity contribution in [1.29, 1.82) is 0 Å². The average Bonchev–Trinajstić information content (AvgIpc) is 2.79. The molecule has 2 unspecified atom stereocenters. The van der Waals surface area contributed by atoms with Gasteiger partial charge in [0.15, 0.2) is 0 Å². The molecule has 1 fully saturated rings. The minimum Gasteiger partial charge on any atom is -0.481 e. The lowest BCUT2D eigenvalue weighted by Crippen LogP contribution is -2.54. The highest BCUT2D eigenvalue weighted by atomic mass is 35.5. The van der Waals surface area contributed by atoms with Crippen LogP contribution in [-0.4, -0.2) is 40.5 Å². The molecule has 0 radical (unpaired) electrons. The topological polar surface area (TPSA) is 83.9 Å². The van der Waals surface area contributed by atoms with Gasteiger partial charge >= 0.3 is 11.9 Å². The Morgan fingerprint density at radius 2 is 1.79 bits per heavy atom. The zero-order valence-electron chi connectivity index (χ0n) is 19.2. The Hall–Kier alpha value is -2.57. The fourth-order valence-electron chi connectivity index (χ4n) is 4.80. The second-order valence-electron chi connectivity index (χ2n) is 8.49. The van der Waals surface area contributed by atoms with Crippen molar-refractivity contribution in [1.82, 2.24) is 4.90 Å². The molecular weight excluding hydrogens is 477 g/mol. The lowest BCUT2D eigenvalue weighted by molar-refractivity contribution is -0.164. The van der Waals surface area contributed by atoms with E-state index in [1.807, 2.05) is 37.3 Å². The van der Waals surface area contributed by atoms with Gasteiger partial charge in [-0.05, 0) is 55.2 Å². The van der Waals surface area contributed by atoms with Gasteiger partial charge in [-0.1, -0.05) is 60.8 Å². The fourth-order valence-corrected chi connectivity index (χ4v) is 5.12. The average molecular weight is 506 g/mol. The Labute approximate surface area is 209 Å². The van der Waals surface area contributed by atoms with Crippen LogP contribution < -0.4 is 0 Å². The third-order valence-electron chi connectivity index (χ3n) is 6.19. The fraction of sp³-hybridized carbons (Fsp3) is 0.423. The number of ether oxygens (including phenoxy) is 1. The Morgan fingerprint density at radius 1 is 1.09 bits per heavy atom.